The third-order valence-corrected chi connectivity index (χ3v) is 6.43. The molecule has 1 aliphatic heterocycles. The topological polar surface area (TPSA) is 70.7 Å². The minimum Gasteiger partial charge on any atom is -0.494 e. The van der Waals surface area contributed by atoms with Crippen molar-refractivity contribution in [3.8, 4) is 5.75 Å². The number of ether oxygens (including phenoxy) is 1. The van der Waals surface area contributed by atoms with Gasteiger partial charge in [-0.05, 0) is 69.1 Å². The van der Waals surface area contributed by atoms with Gasteiger partial charge < -0.3 is 15.4 Å². The van der Waals surface area contributed by atoms with E-state index < -0.39 is 0 Å². The second-order valence-corrected chi connectivity index (χ2v) is 9.13. The first kappa shape index (κ1) is 21.2. The molecule has 1 heterocycles. The number of nitrogens with zero attached hydrogens (tertiary/aromatic N) is 1. The molecule has 30 heavy (non-hydrogen) atoms. The van der Waals surface area contributed by atoms with Gasteiger partial charge in [0.2, 0.25) is 11.8 Å². The summed E-state index contributed by atoms with van der Waals surface area (Å²) < 4.78 is 5.46. The third kappa shape index (κ3) is 6.21. The van der Waals surface area contributed by atoms with Gasteiger partial charge in [0, 0.05) is 37.6 Å². The van der Waals surface area contributed by atoms with Gasteiger partial charge in [0.1, 0.15) is 5.75 Å². The molecule has 1 aromatic carbocycles. The molecule has 6 heteroatoms. The standard InChI is InChI=1S/C24H35N3O3/c1-2-30-22-11-5-17(6-12-22)13-23(28)25-15-21-10-9-20(27(21)16-18-3-4-18)14-24(29)26-19-7-8-19/h5-6,11-12,18-21H,2-4,7-10,13-16H2,1H3,(H,25,28)(H,26,29)/t20-,21+/m1/s1. The Morgan fingerprint density at radius 1 is 1.00 bits per heavy atom. The van der Waals surface area contributed by atoms with Crippen LogP contribution in [0.2, 0.25) is 0 Å². The number of benzene rings is 1. The highest BCUT2D eigenvalue weighted by Gasteiger charge is 2.38. The average Bonchev–Trinajstić information content (AvgIpc) is 3.64. The van der Waals surface area contributed by atoms with Gasteiger partial charge in [-0.1, -0.05) is 12.1 Å². The average molecular weight is 414 g/mol. The van der Waals surface area contributed by atoms with Crippen molar-refractivity contribution in [3.63, 3.8) is 0 Å². The smallest absolute Gasteiger partial charge is 0.224 e. The number of hydrogen-bond donors (Lipinski definition) is 2. The molecule has 164 valence electrons. The van der Waals surface area contributed by atoms with Crippen LogP contribution in [0, 0.1) is 5.92 Å². The summed E-state index contributed by atoms with van der Waals surface area (Å²) in [6.07, 6.45) is 7.94. The molecule has 0 aromatic heterocycles. The van der Waals surface area contributed by atoms with Crippen LogP contribution in [0.4, 0.5) is 0 Å². The van der Waals surface area contributed by atoms with E-state index in [9.17, 15) is 9.59 Å². The fourth-order valence-corrected chi connectivity index (χ4v) is 4.43. The minimum absolute atomic E-state index is 0.0560. The molecule has 3 fully saturated rings. The zero-order valence-corrected chi connectivity index (χ0v) is 18.1. The van der Waals surface area contributed by atoms with Crippen molar-refractivity contribution in [2.24, 2.45) is 5.92 Å². The fraction of sp³-hybridized carbons (Fsp3) is 0.667. The van der Waals surface area contributed by atoms with Crippen molar-refractivity contribution in [1.82, 2.24) is 15.5 Å². The molecule has 2 N–H and O–H groups in total. The molecule has 2 aliphatic carbocycles. The van der Waals surface area contributed by atoms with E-state index in [1.54, 1.807) is 0 Å². The molecule has 2 amide bonds. The van der Waals surface area contributed by atoms with Crippen molar-refractivity contribution in [3.05, 3.63) is 29.8 Å². The second kappa shape index (κ2) is 9.82. The number of hydrogen-bond acceptors (Lipinski definition) is 4. The number of amides is 2. The summed E-state index contributed by atoms with van der Waals surface area (Å²) in [7, 11) is 0. The molecule has 3 aliphatic rings. The van der Waals surface area contributed by atoms with Crippen molar-refractivity contribution in [2.45, 2.75) is 76.4 Å². The van der Waals surface area contributed by atoms with Crippen LogP contribution in [0.15, 0.2) is 24.3 Å². The van der Waals surface area contributed by atoms with Gasteiger partial charge in [-0.25, -0.2) is 0 Å². The van der Waals surface area contributed by atoms with Gasteiger partial charge in [0.05, 0.1) is 13.0 Å². The summed E-state index contributed by atoms with van der Waals surface area (Å²) >= 11 is 0. The summed E-state index contributed by atoms with van der Waals surface area (Å²) in [5.41, 5.74) is 0.992. The van der Waals surface area contributed by atoms with E-state index in [0.29, 0.717) is 44.1 Å². The van der Waals surface area contributed by atoms with Crippen LogP contribution in [0.3, 0.4) is 0 Å². The van der Waals surface area contributed by atoms with Crippen LogP contribution < -0.4 is 15.4 Å². The summed E-state index contributed by atoms with van der Waals surface area (Å²) in [5, 5.41) is 6.27. The van der Waals surface area contributed by atoms with E-state index in [1.807, 2.05) is 31.2 Å². The van der Waals surface area contributed by atoms with Crippen LogP contribution in [0.5, 0.6) is 5.75 Å². The van der Waals surface area contributed by atoms with E-state index in [4.69, 9.17) is 4.74 Å². The molecule has 2 atom stereocenters. The molecular formula is C24H35N3O3. The first-order valence-corrected chi connectivity index (χ1v) is 11.6. The summed E-state index contributed by atoms with van der Waals surface area (Å²) in [6.45, 7) is 4.34. The van der Waals surface area contributed by atoms with E-state index in [1.165, 1.54) is 12.8 Å². The lowest BCUT2D eigenvalue weighted by atomic mass is 10.1. The molecule has 0 unspecified atom stereocenters. The monoisotopic (exact) mass is 413 g/mol. The number of likely N-dealkylation sites (tertiary alicyclic amines) is 1. The first-order chi connectivity index (χ1) is 14.6. The zero-order chi connectivity index (χ0) is 20.9. The Hall–Kier alpha value is -2.08. The molecular weight excluding hydrogens is 378 g/mol. The quantitative estimate of drug-likeness (QED) is 0.585. The lowest BCUT2D eigenvalue weighted by Crippen LogP contribution is -2.45. The van der Waals surface area contributed by atoms with Gasteiger partial charge in [0.25, 0.3) is 0 Å². The Morgan fingerprint density at radius 2 is 1.73 bits per heavy atom. The Bertz CT molecular complexity index is 728. The molecule has 0 radical (unpaired) electrons. The first-order valence-electron chi connectivity index (χ1n) is 11.6. The number of carbonyl (C=O) groups is 2. The lowest BCUT2D eigenvalue weighted by Gasteiger charge is -2.30. The molecule has 0 spiro atoms. The van der Waals surface area contributed by atoms with Gasteiger partial charge in [0.15, 0.2) is 0 Å². The highest BCUT2D eigenvalue weighted by Crippen LogP contribution is 2.35. The van der Waals surface area contributed by atoms with Crippen LogP contribution in [-0.4, -0.2) is 54.5 Å². The second-order valence-electron chi connectivity index (χ2n) is 9.13. The number of rotatable bonds is 11. The van der Waals surface area contributed by atoms with Crippen LogP contribution in [-0.2, 0) is 16.0 Å². The van der Waals surface area contributed by atoms with Crippen LogP contribution in [0.25, 0.3) is 0 Å². The van der Waals surface area contributed by atoms with Crippen LogP contribution >= 0.6 is 0 Å². The van der Waals surface area contributed by atoms with Crippen LogP contribution in [0.1, 0.15) is 57.4 Å². The number of carbonyl (C=O) groups excluding carboxylic acids is 2. The summed E-state index contributed by atoms with van der Waals surface area (Å²) in [4.78, 5) is 27.3. The predicted molar refractivity (Wildman–Crippen MR) is 116 cm³/mol. The molecule has 4 rings (SSSR count). The molecule has 2 saturated carbocycles. The van der Waals surface area contributed by atoms with E-state index in [0.717, 1.165) is 49.5 Å². The Kier molecular flexibility index (Phi) is 6.93. The van der Waals surface area contributed by atoms with Gasteiger partial charge >= 0.3 is 0 Å². The van der Waals surface area contributed by atoms with Gasteiger partial charge in [-0.3, -0.25) is 14.5 Å². The van der Waals surface area contributed by atoms with Gasteiger partial charge in [-0.15, -0.1) is 0 Å². The highest BCUT2D eigenvalue weighted by molar-refractivity contribution is 5.78. The Balaban J connectivity index is 1.25. The van der Waals surface area contributed by atoms with Crippen molar-refractivity contribution >= 4 is 11.8 Å². The SMILES string of the molecule is CCOc1ccc(CC(=O)NC[C@@H]2CC[C@H](CC(=O)NC3CC3)N2CC2CC2)cc1. The maximum Gasteiger partial charge on any atom is 0.224 e. The maximum atomic E-state index is 12.5. The normalized spacial score (nSPS) is 23.9. The summed E-state index contributed by atoms with van der Waals surface area (Å²) in [6, 6.07) is 8.82. The van der Waals surface area contributed by atoms with Crippen molar-refractivity contribution in [2.75, 3.05) is 19.7 Å². The van der Waals surface area contributed by atoms with E-state index in [2.05, 4.69) is 15.5 Å². The zero-order valence-electron chi connectivity index (χ0n) is 18.1. The summed E-state index contributed by atoms with van der Waals surface area (Å²) in [5.74, 6) is 1.86. The highest BCUT2D eigenvalue weighted by atomic mass is 16.5. The lowest BCUT2D eigenvalue weighted by molar-refractivity contribution is -0.123. The molecule has 0 bridgehead atoms. The number of nitrogens with one attached hydrogen (secondary N) is 2. The van der Waals surface area contributed by atoms with Crippen molar-refractivity contribution in [1.29, 1.82) is 0 Å². The van der Waals surface area contributed by atoms with Crippen molar-refractivity contribution < 1.29 is 14.3 Å². The largest absolute Gasteiger partial charge is 0.494 e. The van der Waals surface area contributed by atoms with Gasteiger partial charge in [-0.2, -0.15) is 0 Å². The Morgan fingerprint density at radius 3 is 2.40 bits per heavy atom. The third-order valence-electron chi connectivity index (χ3n) is 6.43. The fourth-order valence-electron chi connectivity index (χ4n) is 4.43. The van der Waals surface area contributed by atoms with E-state index in [-0.39, 0.29) is 11.8 Å². The van der Waals surface area contributed by atoms with E-state index >= 15 is 0 Å². The molecule has 1 aromatic rings. The molecule has 1 saturated heterocycles. The Labute approximate surface area is 179 Å². The minimum atomic E-state index is 0.0560. The maximum absolute atomic E-state index is 12.5. The predicted octanol–water partition coefficient (Wildman–Crippen LogP) is 2.66. The molecule has 6 nitrogen and oxygen atoms in total.